The van der Waals surface area contributed by atoms with Gasteiger partial charge >= 0.3 is 7.12 Å². The van der Waals surface area contributed by atoms with Crippen molar-refractivity contribution in [1.82, 2.24) is 4.98 Å². The minimum absolute atomic E-state index is 0.248. The molecule has 0 radical (unpaired) electrons. The molecule has 3 N–H and O–H groups in total. The monoisotopic (exact) mass is 209 g/mol. The average molecular weight is 209 g/mol. The Morgan fingerprint density at radius 1 is 1.40 bits per heavy atom. The van der Waals surface area contributed by atoms with Crippen LogP contribution in [0.5, 0.6) is 0 Å². The SMILES string of the molecule is CC(C)CCc1cc(B(O)O)cc(=O)[nH]1. The van der Waals surface area contributed by atoms with E-state index >= 15 is 0 Å². The van der Waals surface area contributed by atoms with Gasteiger partial charge in [0.15, 0.2) is 0 Å². The van der Waals surface area contributed by atoms with Crippen molar-refractivity contribution in [2.45, 2.75) is 26.7 Å². The highest BCUT2D eigenvalue weighted by Gasteiger charge is 2.12. The van der Waals surface area contributed by atoms with Gasteiger partial charge in [-0.2, -0.15) is 0 Å². The molecule has 0 aliphatic rings. The Hall–Kier alpha value is -1.07. The second kappa shape index (κ2) is 5.14. The van der Waals surface area contributed by atoms with Crippen molar-refractivity contribution in [3.8, 4) is 0 Å². The van der Waals surface area contributed by atoms with E-state index < -0.39 is 7.12 Å². The summed E-state index contributed by atoms with van der Waals surface area (Å²) in [6, 6.07) is 2.82. The molecule has 4 nitrogen and oxygen atoms in total. The van der Waals surface area contributed by atoms with Gasteiger partial charge in [0.25, 0.3) is 0 Å². The molecule has 0 aliphatic carbocycles. The van der Waals surface area contributed by atoms with E-state index in [2.05, 4.69) is 18.8 Å². The van der Waals surface area contributed by atoms with Crippen LogP contribution in [-0.4, -0.2) is 22.2 Å². The van der Waals surface area contributed by atoms with Crippen molar-refractivity contribution < 1.29 is 10.0 Å². The first kappa shape index (κ1) is 12.0. The van der Waals surface area contributed by atoms with Crippen LogP contribution in [0.2, 0.25) is 0 Å². The maximum atomic E-state index is 11.2. The average Bonchev–Trinajstić information content (AvgIpc) is 2.13. The zero-order chi connectivity index (χ0) is 11.4. The number of hydrogen-bond acceptors (Lipinski definition) is 3. The quantitative estimate of drug-likeness (QED) is 0.593. The number of aromatic amines is 1. The highest BCUT2D eigenvalue weighted by molar-refractivity contribution is 6.58. The largest absolute Gasteiger partial charge is 0.488 e. The van der Waals surface area contributed by atoms with E-state index in [1.807, 2.05) is 0 Å². The third-order valence-corrected chi connectivity index (χ3v) is 2.21. The molecule has 1 rings (SSSR count). The molecule has 0 fully saturated rings. The first-order chi connectivity index (χ1) is 6.99. The van der Waals surface area contributed by atoms with Crippen LogP contribution >= 0.6 is 0 Å². The molecule has 0 atom stereocenters. The van der Waals surface area contributed by atoms with Crippen LogP contribution in [0.3, 0.4) is 0 Å². The van der Waals surface area contributed by atoms with Gasteiger partial charge in [0.1, 0.15) is 0 Å². The number of aryl methyl sites for hydroxylation is 1. The summed E-state index contributed by atoms with van der Waals surface area (Å²) in [5.74, 6) is 0.552. The second-order valence-corrected chi connectivity index (χ2v) is 4.11. The van der Waals surface area contributed by atoms with Crippen LogP contribution in [0.25, 0.3) is 0 Å². The van der Waals surface area contributed by atoms with Crippen LogP contribution in [0.4, 0.5) is 0 Å². The lowest BCUT2D eigenvalue weighted by atomic mass is 9.80. The number of rotatable bonds is 4. The van der Waals surface area contributed by atoms with Gasteiger partial charge in [0.2, 0.25) is 5.56 Å². The van der Waals surface area contributed by atoms with Crippen molar-refractivity contribution in [1.29, 1.82) is 0 Å². The van der Waals surface area contributed by atoms with Crippen LogP contribution in [0.1, 0.15) is 26.0 Å². The molecule has 82 valence electrons. The van der Waals surface area contributed by atoms with E-state index in [4.69, 9.17) is 10.0 Å². The van der Waals surface area contributed by atoms with Crippen LogP contribution in [0, 0.1) is 5.92 Å². The third-order valence-electron chi connectivity index (χ3n) is 2.21. The van der Waals surface area contributed by atoms with Crippen LogP contribution in [0.15, 0.2) is 16.9 Å². The van der Waals surface area contributed by atoms with Crippen molar-refractivity contribution in [2.75, 3.05) is 0 Å². The summed E-state index contributed by atoms with van der Waals surface area (Å²) in [6.45, 7) is 4.20. The summed E-state index contributed by atoms with van der Waals surface area (Å²) in [7, 11) is -1.58. The van der Waals surface area contributed by atoms with Gasteiger partial charge in [0.05, 0.1) is 0 Å². The zero-order valence-corrected chi connectivity index (χ0v) is 9.03. The van der Waals surface area contributed by atoms with Gasteiger partial charge in [-0.1, -0.05) is 13.8 Å². The molecule has 0 bridgehead atoms. The molecule has 5 heteroatoms. The van der Waals surface area contributed by atoms with E-state index in [0.29, 0.717) is 5.92 Å². The maximum Gasteiger partial charge on any atom is 0.488 e. The van der Waals surface area contributed by atoms with Crippen molar-refractivity contribution in [3.63, 3.8) is 0 Å². The molecular formula is C10H16BNO3. The molecule has 0 aliphatic heterocycles. The lowest BCUT2D eigenvalue weighted by Gasteiger charge is -2.06. The van der Waals surface area contributed by atoms with Crippen molar-refractivity contribution in [2.24, 2.45) is 5.92 Å². The van der Waals surface area contributed by atoms with E-state index in [1.54, 1.807) is 6.07 Å². The normalized spacial score (nSPS) is 10.7. The minimum Gasteiger partial charge on any atom is -0.423 e. The highest BCUT2D eigenvalue weighted by atomic mass is 16.4. The number of pyridine rings is 1. The first-order valence-corrected chi connectivity index (χ1v) is 5.08. The van der Waals surface area contributed by atoms with E-state index in [-0.39, 0.29) is 11.0 Å². The van der Waals surface area contributed by atoms with Crippen molar-refractivity contribution in [3.05, 3.63) is 28.2 Å². The summed E-state index contributed by atoms with van der Waals surface area (Å²) in [6.07, 6.45) is 1.70. The lowest BCUT2D eigenvalue weighted by Crippen LogP contribution is -2.33. The molecule has 0 amide bonds. The van der Waals surface area contributed by atoms with E-state index in [0.717, 1.165) is 18.5 Å². The molecule has 0 aromatic carbocycles. The minimum atomic E-state index is -1.58. The third kappa shape index (κ3) is 3.89. The molecular weight excluding hydrogens is 193 g/mol. The predicted molar refractivity (Wildman–Crippen MR) is 60.0 cm³/mol. The molecule has 0 spiro atoms. The Balaban J connectivity index is 2.84. The molecule has 1 heterocycles. The van der Waals surface area contributed by atoms with Gasteiger partial charge in [0, 0.05) is 11.8 Å². The standard InChI is InChI=1S/C10H16BNO3/c1-7(2)3-4-9-5-8(11(14)15)6-10(13)12-9/h5-7,14-15H,3-4H2,1-2H3,(H,12,13). The van der Waals surface area contributed by atoms with Crippen LogP contribution < -0.4 is 11.0 Å². The molecule has 15 heavy (non-hydrogen) atoms. The summed E-state index contributed by atoms with van der Waals surface area (Å²) < 4.78 is 0. The molecule has 0 saturated heterocycles. The summed E-state index contributed by atoms with van der Waals surface area (Å²) in [5, 5.41) is 17.9. The van der Waals surface area contributed by atoms with Crippen molar-refractivity contribution >= 4 is 12.6 Å². The number of nitrogens with one attached hydrogen (secondary N) is 1. The lowest BCUT2D eigenvalue weighted by molar-refractivity contribution is 0.425. The fraction of sp³-hybridized carbons (Fsp3) is 0.500. The zero-order valence-electron chi connectivity index (χ0n) is 9.03. The Morgan fingerprint density at radius 3 is 2.60 bits per heavy atom. The fourth-order valence-corrected chi connectivity index (χ4v) is 1.35. The molecule has 0 saturated carbocycles. The number of hydrogen-bond donors (Lipinski definition) is 3. The summed E-state index contributed by atoms with van der Waals surface area (Å²) in [5.41, 5.74) is 0.705. The molecule has 1 aromatic rings. The Bertz CT molecular complexity index is 373. The predicted octanol–water partition coefficient (Wildman–Crippen LogP) is -0.357. The first-order valence-electron chi connectivity index (χ1n) is 5.08. The Morgan fingerprint density at radius 2 is 2.07 bits per heavy atom. The maximum absolute atomic E-state index is 11.2. The highest BCUT2D eigenvalue weighted by Crippen LogP contribution is 2.04. The smallest absolute Gasteiger partial charge is 0.423 e. The number of H-pyrrole nitrogens is 1. The Kier molecular flexibility index (Phi) is 4.11. The fourth-order valence-electron chi connectivity index (χ4n) is 1.35. The summed E-state index contributed by atoms with van der Waals surface area (Å²) in [4.78, 5) is 13.9. The molecule has 0 unspecified atom stereocenters. The Labute approximate surface area is 89.1 Å². The molecule has 1 aromatic heterocycles. The van der Waals surface area contributed by atoms with Gasteiger partial charge in [-0.05, 0) is 30.3 Å². The van der Waals surface area contributed by atoms with Gasteiger partial charge in [-0.3, -0.25) is 4.79 Å². The van der Waals surface area contributed by atoms with Gasteiger partial charge in [-0.15, -0.1) is 0 Å². The van der Waals surface area contributed by atoms with Gasteiger partial charge in [-0.25, -0.2) is 0 Å². The topological polar surface area (TPSA) is 73.3 Å². The van der Waals surface area contributed by atoms with Crippen LogP contribution in [-0.2, 0) is 6.42 Å². The van der Waals surface area contributed by atoms with E-state index in [9.17, 15) is 4.79 Å². The van der Waals surface area contributed by atoms with Gasteiger partial charge < -0.3 is 15.0 Å². The number of aromatic nitrogens is 1. The van der Waals surface area contributed by atoms with E-state index in [1.165, 1.54) is 6.07 Å². The summed E-state index contributed by atoms with van der Waals surface area (Å²) >= 11 is 0. The second-order valence-electron chi connectivity index (χ2n) is 4.11.